The summed E-state index contributed by atoms with van der Waals surface area (Å²) in [5.41, 5.74) is 0.537. The number of carbonyl (C=O) groups is 1. The summed E-state index contributed by atoms with van der Waals surface area (Å²) in [7, 11) is 1.35. The fourth-order valence-electron chi connectivity index (χ4n) is 0.763. The van der Waals surface area contributed by atoms with Crippen molar-refractivity contribution in [1.29, 1.82) is 0 Å². The molecule has 0 spiro atoms. The average Bonchev–Trinajstić information content (AvgIpc) is 2.52. The van der Waals surface area contributed by atoms with Crippen LogP contribution in [-0.2, 0) is 16.2 Å². The zero-order valence-electron chi connectivity index (χ0n) is 6.57. The normalized spacial score (nSPS) is 9.83. The molecular formula is C7H9NO3S. The zero-order chi connectivity index (χ0) is 8.97. The number of nitrogens with two attached hydrogens (primary N) is 1. The summed E-state index contributed by atoms with van der Waals surface area (Å²) in [4.78, 5) is 16.3. The molecule has 12 heavy (non-hydrogen) atoms. The lowest BCUT2D eigenvalue weighted by Crippen LogP contribution is -1.99. The van der Waals surface area contributed by atoms with E-state index in [1.165, 1.54) is 18.4 Å². The van der Waals surface area contributed by atoms with Crippen LogP contribution < -0.4 is 5.90 Å². The lowest BCUT2D eigenvalue weighted by atomic mass is 10.3. The molecule has 0 amide bonds. The van der Waals surface area contributed by atoms with E-state index in [9.17, 15) is 4.79 Å². The quantitative estimate of drug-likeness (QED) is 0.564. The van der Waals surface area contributed by atoms with Crippen molar-refractivity contribution < 1.29 is 14.4 Å². The van der Waals surface area contributed by atoms with Crippen LogP contribution in [0.3, 0.4) is 0 Å². The summed E-state index contributed by atoms with van der Waals surface area (Å²) in [6.07, 6.45) is 0. The van der Waals surface area contributed by atoms with Gasteiger partial charge in [0.1, 0.15) is 6.61 Å². The van der Waals surface area contributed by atoms with Crippen molar-refractivity contribution in [2.75, 3.05) is 7.11 Å². The Balaban J connectivity index is 2.70. The second kappa shape index (κ2) is 4.20. The highest BCUT2D eigenvalue weighted by molar-refractivity contribution is 7.10. The Labute approximate surface area is 73.8 Å². The van der Waals surface area contributed by atoms with E-state index < -0.39 is 0 Å². The second-order valence-electron chi connectivity index (χ2n) is 2.10. The van der Waals surface area contributed by atoms with Gasteiger partial charge >= 0.3 is 5.97 Å². The molecule has 0 saturated heterocycles. The first-order valence-electron chi connectivity index (χ1n) is 3.25. The maximum absolute atomic E-state index is 10.9. The van der Waals surface area contributed by atoms with E-state index in [1.807, 2.05) is 0 Å². The molecule has 0 saturated carbocycles. The highest BCUT2D eigenvalue weighted by Crippen LogP contribution is 2.15. The van der Waals surface area contributed by atoms with Crippen molar-refractivity contribution in [2.45, 2.75) is 6.61 Å². The van der Waals surface area contributed by atoms with Gasteiger partial charge < -0.3 is 4.74 Å². The summed E-state index contributed by atoms with van der Waals surface area (Å²) in [5, 5.41) is 1.71. The monoisotopic (exact) mass is 187 g/mol. The van der Waals surface area contributed by atoms with E-state index in [1.54, 1.807) is 11.4 Å². The van der Waals surface area contributed by atoms with Crippen LogP contribution in [0, 0.1) is 0 Å². The maximum atomic E-state index is 10.9. The van der Waals surface area contributed by atoms with Gasteiger partial charge in [-0.05, 0) is 6.07 Å². The summed E-state index contributed by atoms with van der Waals surface area (Å²) in [5.74, 6) is 4.53. The van der Waals surface area contributed by atoms with Gasteiger partial charge in [0.2, 0.25) is 0 Å². The van der Waals surface area contributed by atoms with Crippen LogP contribution in [0.2, 0.25) is 0 Å². The Morgan fingerprint density at radius 2 is 2.50 bits per heavy atom. The molecule has 0 aromatic carbocycles. The fraction of sp³-hybridized carbons (Fsp3) is 0.286. The molecule has 5 heteroatoms. The third kappa shape index (κ3) is 2.04. The molecule has 1 aromatic heterocycles. The van der Waals surface area contributed by atoms with Crippen molar-refractivity contribution in [3.63, 3.8) is 0 Å². The second-order valence-corrected chi connectivity index (χ2v) is 3.10. The first-order valence-corrected chi connectivity index (χ1v) is 4.13. The third-order valence-corrected chi connectivity index (χ3v) is 2.21. The molecule has 2 N–H and O–H groups in total. The summed E-state index contributed by atoms with van der Waals surface area (Å²) in [6.45, 7) is 0.321. The summed E-state index contributed by atoms with van der Waals surface area (Å²) < 4.78 is 4.52. The number of ether oxygens (including phenoxy) is 1. The van der Waals surface area contributed by atoms with Crippen LogP contribution in [0.4, 0.5) is 0 Å². The molecule has 0 aliphatic heterocycles. The van der Waals surface area contributed by atoms with E-state index in [4.69, 9.17) is 5.90 Å². The van der Waals surface area contributed by atoms with Gasteiger partial charge in [-0.15, -0.1) is 11.3 Å². The highest BCUT2D eigenvalue weighted by atomic mass is 32.1. The molecule has 0 aliphatic rings. The Morgan fingerprint density at radius 3 is 3.08 bits per heavy atom. The smallest absolute Gasteiger partial charge is 0.338 e. The molecule has 0 atom stereocenters. The largest absolute Gasteiger partial charge is 0.465 e. The zero-order valence-corrected chi connectivity index (χ0v) is 7.39. The van der Waals surface area contributed by atoms with Crippen LogP contribution in [0.25, 0.3) is 0 Å². The van der Waals surface area contributed by atoms with E-state index in [-0.39, 0.29) is 5.97 Å². The average molecular weight is 187 g/mol. The standard InChI is InChI=1S/C7H9NO3S/c1-10-7(9)5-2-6(3-11-8)12-4-5/h2,4H,3,8H2,1H3. The highest BCUT2D eigenvalue weighted by Gasteiger charge is 2.07. The minimum absolute atomic E-state index is 0.321. The van der Waals surface area contributed by atoms with E-state index in [0.29, 0.717) is 12.2 Å². The van der Waals surface area contributed by atoms with Gasteiger partial charge in [-0.3, -0.25) is 4.84 Å². The number of esters is 1. The fourth-order valence-corrected chi connectivity index (χ4v) is 1.54. The lowest BCUT2D eigenvalue weighted by Gasteiger charge is -1.92. The number of methoxy groups -OCH3 is 1. The van der Waals surface area contributed by atoms with Gasteiger partial charge in [-0.25, -0.2) is 10.7 Å². The number of thiophene rings is 1. The van der Waals surface area contributed by atoms with Gasteiger partial charge in [-0.1, -0.05) is 0 Å². The van der Waals surface area contributed by atoms with Gasteiger partial charge in [0.15, 0.2) is 0 Å². The SMILES string of the molecule is COC(=O)c1csc(CON)c1. The van der Waals surface area contributed by atoms with Gasteiger partial charge in [0, 0.05) is 10.3 Å². The molecule has 1 heterocycles. The minimum atomic E-state index is -0.338. The van der Waals surface area contributed by atoms with E-state index in [2.05, 4.69) is 9.57 Å². The van der Waals surface area contributed by atoms with Crippen LogP contribution in [-0.4, -0.2) is 13.1 Å². The molecule has 1 rings (SSSR count). The minimum Gasteiger partial charge on any atom is -0.465 e. The molecule has 0 radical (unpaired) electrons. The van der Waals surface area contributed by atoms with Crippen molar-refractivity contribution in [3.8, 4) is 0 Å². The molecule has 4 nitrogen and oxygen atoms in total. The molecule has 0 aliphatic carbocycles. The molecule has 0 unspecified atom stereocenters. The van der Waals surface area contributed by atoms with Crippen molar-refractivity contribution in [3.05, 3.63) is 21.9 Å². The predicted octanol–water partition coefficient (Wildman–Crippen LogP) is 0.925. The summed E-state index contributed by atoms with van der Waals surface area (Å²) in [6, 6.07) is 1.70. The molecule has 1 aromatic rings. The topological polar surface area (TPSA) is 61.5 Å². The number of rotatable bonds is 3. The predicted molar refractivity (Wildman–Crippen MR) is 44.6 cm³/mol. The maximum Gasteiger partial charge on any atom is 0.338 e. The first kappa shape index (κ1) is 9.18. The summed E-state index contributed by atoms with van der Waals surface area (Å²) >= 11 is 1.41. The molecular weight excluding hydrogens is 178 g/mol. The third-order valence-electron chi connectivity index (χ3n) is 1.30. The van der Waals surface area contributed by atoms with Gasteiger partial charge in [0.25, 0.3) is 0 Å². The lowest BCUT2D eigenvalue weighted by molar-refractivity contribution is 0.0601. The Morgan fingerprint density at radius 1 is 1.75 bits per heavy atom. The van der Waals surface area contributed by atoms with Crippen LogP contribution >= 0.6 is 11.3 Å². The van der Waals surface area contributed by atoms with Crippen LogP contribution in [0.15, 0.2) is 11.4 Å². The van der Waals surface area contributed by atoms with Crippen molar-refractivity contribution >= 4 is 17.3 Å². The van der Waals surface area contributed by atoms with E-state index in [0.717, 1.165) is 4.88 Å². The van der Waals surface area contributed by atoms with Crippen LogP contribution in [0.5, 0.6) is 0 Å². The number of carbonyl (C=O) groups excluding carboxylic acids is 1. The van der Waals surface area contributed by atoms with Gasteiger partial charge in [-0.2, -0.15) is 0 Å². The number of hydrogen-bond acceptors (Lipinski definition) is 5. The molecule has 0 bridgehead atoms. The molecule has 66 valence electrons. The van der Waals surface area contributed by atoms with E-state index >= 15 is 0 Å². The Kier molecular flexibility index (Phi) is 3.21. The Bertz CT molecular complexity index is 271. The van der Waals surface area contributed by atoms with Crippen molar-refractivity contribution in [2.24, 2.45) is 5.90 Å². The van der Waals surface area contributed by atoms with Gasteiger partial charge in [0.05, 0.1) is 12.7 Å². The van der Waals surface area contributed by atoms with Crippen LogP contribution in [0.1, 0.15) is 15.2 Å². The van der Waals surface area contributed by atoms with Crippen molar-refractivity contribution in [1.82, 2.24) is 0 Å². The first-order chi connectivity index (χ1) is 5.77. The molecule has 0 fully saturated rings. The number of hydrogen-bond donors (Lipinski definition) is 1. The Hall–Kier alpha value is -0.910.